The first-order valence-corrected chi connectivity index (χ1v) is 8.62. The highest BCUT2D eigenvalue weighted by Crippen LogP contribution is 2.33. The first kappa shape index (κ1) is 16.6. The molecule has 2 aromatic rings. The Morgan fingerprint density at radius 1 is 1.29 bits per heavy atom. The maximum Gasteiger partial charge on any atom is 0.264 e. The van der Waals surface area contributed by atoms with Gasteiger partial charge in [-0.05, 0) is 12.3 Å². The molecular weight excluding hydrogens is 377 g/mol. The molecule has 1 heterocycles. The Kier molecular flexibility index (Phi) is 5.95. The number of nitrogens with one attached hydrogen (secondary N) is 1. The number of ether oxygens (including phenoxy) is 1. The van der Waals surface area contributed by atoms with E-state index in [9.17, 15) is 4.79 Å². The van der Waals surface area contributed by atoms with E-state index in [4.69, 9.17) is 39.5 Å². The van der Waals surface area contributed by atoms with Crippen LogP contribution in [0, 0.1) is 0 Å². The first-order valence-electron chi connectivity index (χ1n) is 5.44. The van der Waals surface area contributed by atoms with Gasteiger partial charge in [0, 0.05) is 6.07 Å². The van der Waals surface area contributed by atoms with Gasteiger partial charge in [-0.15, -0.1) is 10.2 Å². The molecule has 0 aliphatic rings. The van der Waals surface area contributed by atoms with Crippen molar-refractivity contribution < 1.29 is 9.53 Å². The van der Waals surface area contributed by atoms with Gasteiger partial charge in [-0.3, -0.25) is 10.1 Å². The van der Waals surface area contributed by atoms with Crippen LogP contribution in [-0.4, -0.2) is 29.0 Å². The van der Waals surface area contributed by atoms with Gasteiger partial charge in [0.15, 0.2) is 10.9 Å². The van der Waals surface area contributed by atoms with Crippen molar-refractivity contribution in [2.45, 2.75) is 4.34 Å². The quantitative estimate of drug-likeness (QED) is 0.474. The summed E-state index contributed by atoms with van der Waals surface area (Å²) in [6, 6.07) is 2.91. The second-order valence-electron chi connectivity index (χ2n) is 3.61. The van der Waals surface area contributed by atoms with Crippen molar-refractivity contribution in [1.29, 1.82) is 0 Å². The Bertz CT molecular complexity index is 666. The van der Waals surface area contributed by atoms with E-state index in [1.807, 2.05) is 6.26 Å². The summed E-state index contributed by atoms with van der Waals surface area (Å²) in [5.74, 6) is -0.0933. The minimum absolute atomic E-state index is 0.230. The Balaban J connectivity index is 1.93. The minimum Gasteiger partial charge on any atom is -0.482 e. The average molecular weight is 385 g/mol. The van der Waals surface area contributed by atoms with Crippen LogP contribution in [-0.2, 0) is 4.79 Å². The lowest BCUT2D eigenvalue weighted by molar-refractivity contribution is -0.118. The van der Waals surface area contributed by atoms with Crippen molar-refractivity contribution >= 4 is 68.9 Å². The standard InChI is InChI=1S/C11H8Cl3N3O2S2/c1-20-11-17-16-10(21-11)15-9(18)4-19-8-3-6(13)5(12)2-7(8)14/h2-3H,4H2,1H3,(H,15,16,18). The van der Waals surface area contributed by atoms with E-state index in [1.54, 1.807) is 0 Å². The Morgan fingerprint density at radius 2 is 2.00 bits per heavy atom. The van der Waals surface area contributed by atoms with Gasteiger partial charge in [-0.1, -0.05) is 57.9 Å². The monoisotopic (exact) mass is 383 g/mol. The topological polar surface area (TPSA) is 64.1 Å². The van der Waals surface area contributed by atoms with Crippen molar-refractivity contribution in [2.24, 2.45) is 0 Å². The number of rotatable bonds is 5. The number of thioether (sulfide) groups is 1. The molecule has 0 saturated heterocycles. The predicted molar refractivity (Wildman–Crippen MR) is 87.3 cm³/mol. The highest BCUT2D eigenvalue weighted by atomic mass is 35.5. The second kappa shape index (κ2) is 7.51. The molecule has 1 N–H and O–H groups in total. The van der Waals surface area contributed by atoms with Crippen molar-refractivity contribution in [1.82, 2.24) is 10.2 Å². The number of anilines is 1. The average Bonchev–Trinajstić information content (AvgIpc) is 2.89. The molecular formula is C11H8Cl3N3O2S2. The van der Waals surface area contributed by atoms with Gasteiger partial charge in [-0.25, -0.2) is 0 Å². The lowest BCUT2D eigenvalue weighted by atomic mass is 10.3. The number of benzene rings is 1. The minimum atomic E-state index is -0.374. The highest BCUT2D eigenvalue weighted by molar-refractivity contribution is 8.00. The lowest BCUT2D eigenvalue weighted by Crippen LogP contribution is -2.20. The number of aromatic nitrogens is 2. The van der Waals surface area contributed by atoms with Crippen LogP contribution in [0.15, 0.2) is 16.5 Å². The van der Waals surface area contributed by atoms with Crippen molar-refractivity contribution in [2.75, 3.05) is 18.2 Å². The molecule has 1 aromatic heterocycles. The summed E-state index contributed by atoms with van der Waals surface area (Å²) in [7, 11) is 0. The zero-order valence-corrected chi connectivity index (χ0v) is 14.4. The number of nitrogens with zero attached hydrogens (tertiary/aromatic N) is 2. The number of hydrogen-bond donors (Lipinski definition) is 1. The van der Waals surface area contributed by atoms with E-state index in [2.05, 4.69) is 15.5 Å². The number of carbonyl (C=O) groups excluding carboxylic acids is 1. The molecule has 0 unspecified atom stereocenters. The Hall–Kier alpha value is -0.730. The molecule has 0 bridgehead atoms. The third-order valence-electron chi connectivity index (χ3n) is 2.16. The summed E-state index contributed by atoms with van der Waals surface area (Å²) in [4.78, 5) is 11.7. The number of hydrogen-bond acceptors (Lipinski definition) is 6. The van der Waals surface area contributed by atoms with Crippen molar-refractivity contribution in [3.8, 4) is 5.75 Å². The zero-order valence-electron chi connectivity index (χ0n) is 10.5. The number of halogens is 3. The summed E-state index contributed by atoms with van der Waals surface area (Å²) in [5, 5.41) is 11.6. The second-order valence-corrected chi connectivity index (χ2v) is 6.86. The fourth-order valence-electron chi connectivity index (χ4n) is 1.26. The molecule has 0 spiro atoms. The predicted octanol–water partition coefficient (Wildman–Crippen LogP) is 4.24. The molecule has 10 heteroatoms. The van der Waals surface area contributed by atoms with Crippen LogP contribution >= 0.6 is 57.9 Å². The SMILES string of the molecule is CSc1nnc(NC(=O)COc2cc(Cl)c(Cl)cc2Cl)s1. The number of carbonyl (C=O) groups is 1. The van der Waals surface area contributed by atoms with Crippen LogP contribution in [0.5, 0.6) is 5.75 Å². The molecule has 0 radical (unpaired) electrons. The Morgan fingerprint density at radius 3 is 2.67 bits per heavy atom. The van der Waals surface area contributed by atoms with E-state index in [0.29, 0.717) is 15.2 Å². The molecule has 112 valence electrons. The largest absolute Gasteiger partial charge is 0.482 e. The van der Waals surface area contributed by atoms with E-state index >= 15 is 0 Å². The molecule has 1 amide bonds. The van der Waals surface area contributed by atoms with E-state index in [1.165, 1.54) is 35.2 Å². The van der Waals surface area contributed by atoms with E-state index in [-0.39, 0.29) is 23.3 Å². The lowest BCUT2D eigenvalue weighted by Gasteiger charge is -2.08. The van der Waals surface area contributed by atoms with Crippen LogP contribution < -0.4 is 10.1 Å². The molecule has 0 atom stereocenters. The molecule has 5 nitrogen and oxygen atoms in total. The zero-order chi connectivity index (χ0) is 15.4. The van der Waals surface area contributed by atoms with Gasteiger partial charge in [0.2, 0.25) is 5.13 Å². The molecule has 0 aliphatic heterocycles. The van der Waals surface area contributed by atoms with Crippen LogP contribution in [0.4, 0.5) is 5.13 Å². The maximum atomic E-state index is 11.7. The number of amides is 1. The van der Waals surface area contributed by atoms with Gasteiger partial charge >= 0.3 is 0 Å². The third-order valence-corrected chi connectivity index (χ3v) is 4.99. The van der Waals surface area contributed by atoms with Gasteiger partial charge in [0.1, 0.15) is 5.75 Å². The van der Waals surface area contributed by atoms with E-state index in [0.717, 1.165) is 4.34 Å². The third kappa shape index (κ3) is 4.62. The highest BCUT2D eigenvalue weighted by Gasteiger charge is 2.11. The first-order chi connectivity index (χ1) is 9.99. The van der Waals surface area contributed by atoms with Crippen LogP contribution in [0.2, 0.25) is 15.1 Å². The van der Waals surface area contributed by atoms with Gasteiger partial charge in [0.25, 0.3) is 5.91 Å². The van der Waals surface area contributed by atoms with Gasteiger partial charge in [-0.2, -0.15) is 0 Å². The molecule has 0 aliphatic carbocycles. The molecule has 2 rings (SSSR count). The van der Waals surface area contributed by atoms with Gasteiger partial charge < -0.3 is 4.74 Å². The summed E-state index contributed by atoms with van der Waals surface area (Å²) in [6.07, 6.45) is 1.88. The van der Waals surface area contributed by atoms with Crippen LogP contribution in [0.3, 0.4) is 0 Å². The fraction of sp³-hybridized carbons (Fsp3) is 0.182. The summed E-state index contributed by atoms with van der Waals surface area (Å²) in [5.41, 5.74) is 0. The molecule has 1 aromatic carbocycles. The van der Waals surface area contributed by atoms with E-state index < -0.39 is 0 Å². The maximum absolute atomic E-state index is 11.7. The van der Waals surface area contributed by atoms with Crippen molar-refractivity contribution in [3.05, 3.63) is 27.2 Å². The summed E-state index contributed by atoms with van der Waals surface area (Å²) >= 11 is 20.3. The fourth-order valence-corrected chi connectivity index (χ4v) is 3.03. The van der Waals surface area contributed by atoms with Crippen LogP contribution in [0.1, 0.15) is 0 Å². The molecule has 0 fully saturated rings. The van der Waals surface area contributed by atoms with Crippen LogP contribution in [0.25, 0.3) is 0 Å². The van der Waals surface area contributed by atoms with Gasteiger partial charge in [0.05, 0.1) is 15.1 Å². The smallest absolute Gasteiger partial charge is 0.264 e. The summed E-state index contributed by atoms with van der Waals surface area (Å²) < 4.78 is 6.07. The Labute approximate surface area is 143 Å². The molecule has 21 heavy (non-hydrogen) atoms. The normalized spacial score (nSPS) is 10.5. The van der Waals surface area contributed by atoms with Crippen molar-refractivity contribution in [3.63, 3.8) is 0 Å². The molecule has 0 saturated carbocycles. The summed E-state index contributed by atoms with van der Waals surface area (Å²) in [6.45, 7) is -0.230.